The average molecular weight is 283 g/mol. The molecule has 0 bridgehead atoms. The molecule has 1 amide bonds. The summed E-state index contributed by atoms with van der Waals surface area (Å²) in [6, 6.07) is 3.88. The molecule has 0 aliphatic carbocycles. The Morgan fingerprint density at radius 2 is 2.10 bits per heavy atom. The fourth-order valence-electron chi connectivity index (χ4n) is 1.48. The molecule has 0 radical (unpaired) electrons. The first kappa shape index (κ1) is 16.1. The van der Waals surface area contributed by atoms with Crippen LogP contribution in [0.5, 0.6) is 5.75 Å². The quantitative estimate of drug-likeness (QED) is 0.581. The largest absolute Gasteiger partial charge is 0.481 e. The predicted molar refractivity (Wildman–Crippen MR) is 71.4 cm³/mol. The number of benzene rings is 1. The van der Waals surface area contributed by atoms with Crippen LogP contribution in [-0.2, 0) is 9.53 Å². The van der Waals surface area contributed by atoms with Gasteiger partial charge in [-0.15, -0.1) is 0 Å². The number of carbonyl (C=O) groups excluding carboxylic acids is 2. The highest BCUT2D eigenvalue weighted by Crippen LogP contribution is 2.18. The molecule has 6 heteroatoms. The third-order valence-corrected chi connectivity index (χ3v) is 2.54. The van der Waals surface area contributed by atoms with Gasteiger partial charge in [-0.25, -0.2) is 4.39 Å². The Morgan fingerprint density at radius 1 is 1.35 bits per heavy atom. The van der Waals surface area contributed by atoms with Crippen molar-refractivity contribution in [1.82, 2.24) is 5.32 Å². The van der Waals surface area contributed by atoms with Gasteiger partial charge in [0.25, 0.3) is 5.91 Å². The van der Waals surface area contributed by atoms with Gasteiger partial charge in [0.05, 0.1) is 0 Å². The van der Waals surface area contributed by atoms with Gasteiger partial charge >= 0.3 is 0 Å². The van der Waals surface area contributed by atoms with E-state index in [1.165, 1.54) is 19.1 Å². The second-order valence-electron chi connectivity index (χ2n) is 4.19. The SMILES string of the molecule is COCCCNC(=O)COc1ccc(C(C)=O)cc1F. The number of carbonyl (C=O) groups is 2. The van der Waals surface area contributed by atoms with Crippen LogP contribution in [-0.4, -0.2) is 38.6 Å². The van der Waals surface area contributed by atoms with Crippen LogP contribution in [0.3, 0.4) is 0 Å². The van der Waals surface area contributed by atoms with Gasteiger partial charge in [0.2, 0.25) is 0 Å². The van der Waals surface area contributed by atoms with Gasteiger partial charge in [0.1, 0.15) is 0 Å². The van der Waals surface area contributed by atoms with Crippen LogP contribution < -0.4 is 10.1 Å². The second-order valence-corrected chi connectivity index (χ2v) is 4.19. The summed E-state index contributed by atoms with van der Waals surface area (Å²) >= 11 is 0. The summed E-state index contributed by atoms with van der Waals surface area (Å²) in [5.74, 6) is -1.28. The first-order valence-electron chi connectivity index (χ1n) is 6.23. The first-order chi connectivity index (χ1) is 9.54. The Bertz CT molecular complexity index is 476. The fourth-order valence-corrected chi connectivity index (χ4v) is 1.48. The van der Waals surface area contributed by atoms with Crippen LogP contribution in [0.1, 0.15) is 23.7 Å². The minimum atomic E-state index is -0.662. The average Bonchev–Trinajstić information content (AvgIpc) is 2.42. The molecule has 1 aromatic carbocycles. The molecule has 1 rings (SSSR count). The van der Waals surface area contributed by atoms with Crippen molar-refractivity contribution in [3.05, 3.63) is 29.6 Å². The molecule has 1 aromatic rings. The topological polar surface area (TPSA) is 64.6 Å². The summed E-state index contributed by atoms with van der Waals surface area (Å²) in [6.07, 6.45) is 0.698. The lowest BCUT2D eigenvalue weighted by Gasteiger charge is -2.08. The molecule has 1 N–H and O–H groups in total. The highest BCUT2D eigenvalue weighted by molar-refractivity contribution is 5.94. The van der Waals surface area contributed by atoms with Crippen LogP contribution in [0.25, 0.3) is 0 Å². The van der Waals surface area contributed by atoms with Gasteiger partial charge in [-0.05, 0) is 31.5 Å². The monoisotopic (exact) mass is 283 g/mol. The number of ketones is 1. The number of halogens is 1. The molecule has 110 valence electrons. The van der Waals surface area contributed by atoms with E-state index in [1.54, 1.807) is 7.11 Å². The highest BCUT2D eigenvalue weighted by Gasteiger charge is 2.09. The second kappa shape index (κ2) is 8.27. The van der Waals surface area contributed by atoms with Crippen molar-refractivity contribution in [1.29, 1.82) is 0 Å². The summed E-state index contributed by atoms with van der Waals surface area (Å²) in [6.45, 7) is 2.11. The van der Waals surface area contributed by atoms with Gasteiger partial charge in [-0.3, -0.25) is 9.59 Å². The summed E-state index contributed by atoms with van der Waals surface area (Å²) in [5, 5.41) is 2.62. The van der Waals surface area contributed by atoms with E-state index in [9.17, 15) is 14.0 Å². The summed E-state index contributed by atoms with van der Waals surface area (Å²) < 4.78 is 23.5. The number of rotatable bonds is 8. The molecule has 0 unspecified atom stereocenters. The molecular formula is C14H18FNO4. The van der Waals surface area contributed by atoms with E-state index in [0.717, 1.165) is 6.07 Å². The number of Topliss-reactive ketones (excluding diaryl/α,β-unsaturated/α-hetero) is 1. The van der Waals surface area contributed by atoms with E-state index in [1.807, 2.05) is 0 Å². The molecular weight excluding hydrogens is 265 g/mol. The zero-order chi connectivity index (χ0) is 15.0. The van der Waals surface area contributed by atoms with Crippen molar-refractivity contribution in [2.45, 2.75) is 13.3 Å². The Kier molecular flexibility index (Phi) is 6.66. The van der Waals surface area contributed by atoms with E-state index >= 15 is 0 Å². The lowest BCUT2D eigenvalue weighted by atomic mass is 10.1. The normalized spacial score (nSPS) is 10.2. The van der Waals surface area contributed by atoms with Crippen molar-refractivity contribution >= 4 is 11.7 Å². The molecule has 0 aromatic heterocycles. The Morgan fingerprint density at radius 3 is 2.70 bits per heavy atom. The van der Waals surface area contributed by atoms with Gasteiger partial charge in [-0.2, -0.15) is 0 Å². The standard InChI is InChI=1S/C14H18FNO4/c1-10(17)11-4-5-13(12(15)8-11)20-9-14(18)16-6-3-7-19-2/h4-5,8H,3,6-7,9H2,1-2H3,(H,16,18). The van der Waals surface area contributed by atoms with Crippen LogP contribution in [0.2, 0.25) is 0 Å². The van der Waals surface area contributed by atoms with E-state index in [4.69, 9.17) is 9.47 Å². The maximum Gasteiger partial charge on any atom is 0.257 e. The highest BCUT2D eigenvalue weighted by atomic mass is 19.1. The predicted octanol–water partition coefficient (Wildman–Crippen LogP) is 1.56. The van der Waals surface area contributed by atoms with Crippen molar-refractivity contribution < 1.29 is 23.5 Å². The third-order valence-electron chi connectivity index (χ3n) is 2.54. The zero-order valence-electron chi connectivity index (χ0n) is 11.6. The Balaban J connectivity index is 2.41. The van der Waals surface area contributed by atoms with Gasteiger partial charge in [0, 0.05) is 25.8 Å². The number of methoxy groups -OCH3 is 1. The number of amides is 1. The lowest BCUT2D eigenvalue weighted by Crippen LogP contribution is -2.30. The van der Waals surface area contributed by atoms with Crippen molar-refractivity contribution in [2.75, 3.05) is 26.9 Å². The molecule has 0 heterocycles. The molecule has 5 nitrogen and oxygen atoms in total. The van der Waals surface area contributed by atoms with Gasteiger partial charge in [0.15, 0.2) is 24.0 Å². The first-order valence-corrected chi connectivity index (χ1v) is 6.23. The minimum Gasteiger partial charge on any atom is -0.481 e. The molecule has 0 aliphatic heterocycles. The number of nitrogens with one attached hydrogen (secondary N) is 1. The minimum absolute atomic E-state index is 0.0537. The number of hydrogen-bond donors (Lipinski definition) is 1. The lowest BCUT2D eigenvalue weighted by molar-refractivity contribution is -0.123. The smallest absolute Gasteiger partial charge is 0.257 e. The fraction of sp³-hybridized carbons (Fsp3) is 0.429. The van der Waals surface area contributed by atoms with Crippen molar-refractivity contribution in [2.24, 2.45) is 0 Å². The van der Waals surface area contributed by atoms with E-state index < -0.39 is 5.82 Å². The molecule has 0 saturated heterocycles. The maximum atomic E-state index is 13.6. The van der Waals surface area contributed by atoms with Gasteiger partial charge in [-0.1, -0.05) is 0 Å². The third kappa shape index (κ3) is 5.36. The molecule has 0 aliphatic rings. The molecule has 0 spiro atoms. The number of ether oxygens (including phenoxy) is 2. The van der Waals surface area contributed by atoms with E-state index in [0.29, 0.717) is 19.6 Å². The summed E-state index contributed by atoms with van der Waals surface area (Å²) in [4.78, 5) is 22.5. The van der Waals surface area contributed by atoms with Crippen molar-refractivity contribution in [3.8, 4) is 5.75 Å². The number of hydrogen-bond acceptors (Lipinski definition) is 4. The summed E-state index contributed by atoms with van der Waals surface area (Å²) in [7, 11) is 1.58. The zero-order valence-corrected chi connectivity index (χ0v) is 11.6. The summed E-state index contributed by atoms with van der Waals surface area (Å²) in [5.41, 5.74) is 0.263. The maximum absolute atomic E-state index is 13.6. The van der Waals surface area contributed by atoms with Crippen LogP contribution in [0.15, 0.2) is 18.2 Å². The van der Waals surface area contributed by atoms with Crippen LogP contribution in [0.4, 0.5) is 4.39 Å². The van der Waals surface area contributed by atoms with E-state index in [-0.39, 0.29) is 29.6 Å². The van der Waals surface area contributed by atoms with Gasteiger partial charge < -0.3 is 14.8 Å². The molecule has 0 atom stereocenters. The molecule has 0 fully saturated rings. The van der Waals surface area contributed by atoms with Crippen LogP contribution >= 0.6 is 0 Å². The molecule has 0 saturated carbocycles. The molecule has 20 heavy (non-hydrogen) atoms. The Hall–Kier alpha value is -1.95. The Labute approximate surface area is 117 Å². The van der Waals surface area contributed by atoms with E-state index in [2.05, 4.69) is 5.32 Å². The van der Waals surface area contributed by atoms with Crippen LogP contribution in [0, 0.1) is 5.82 Å². The van der Waals surface area contributed by atoms with Crippen molar-refractivity contribution in [3.63, 3.8) is 0 Å².